The molecule has 2 atom stereocenters. The Bertz CT molecular complexity index is 377. The van der Waals surface area contributed by atoms with Crippen molar-refractivity contribution in [2.75, 3.05) is 19.3 Å². The molecule has 0 radical (unpaired) electrons. The summed E-state index contributed by atoms with van der Waals surface area (Å²) in [4.78, 5) is 3.95. The van der Waals surface area contributed by atoms with Crippen molar-refractivity contribution in [3.05, 3.63) is 29.8 Å². The van der Waals surface area contributed by atoms with E-state index in [-0.39, 0.29) is 0 Å². The topological polar surface area (TPSA) is 29.3 Å². The molecule has 2 rings (SSSR count). The maximum Gasteiger partial charge on any atom is 0.0236 e. The molecule has 2 nitrogen and oxygen atoms in total. The minimum absolute atomic E-state index is 0.690. The van der Waals surface area contributed by atoms with E-state index >= 15 is 0 Å². The predicted molar refractivity (Wildman–Crippen MR) is 84.5 cm³/mol. The normalized spacial score (nSPS) is 23.2. The van der Waals surface area contributed by atoms with Crippen molar-refractivity contribution in [3.63, 3.8) is 0 Å². The first-order chi connectivity index (χ1) is 9.28. The second-order valence-corrected chi connectivity index (χ2v) is 6.28. The summed E-state index contributed by atoms with van der Waals surface area (Å²) in [5, 5.41) is 0. The molecule has 19 heavy (non-hydrogen) atoms. The minimum Gasteiger partial charge on any atom is -0.330 e. The van der Waals surface area contributed by atoms with E-state index in [1.807, 2.05) is 0 Å². The van der Waals surface area contributed by atoms with Crippen molar-refractivity contribution in [2.24, 2.45) is 11.7 Å². The van der Waals surface area contributed by atoms with E-state index in [1.54, 1.807) is 11.8 Å². The third-order valence-electron chi connectivity index (χ3n) is 4.34. The fourth-order valence-electron chi connectivity index (χ4n) is 3.20. The number of rotatable bonds is 6. The van der Waals surface area contributed by atoms with Crippen LogP contribution >= 0.6 is 11.8 Å². The highest BCUT2D eigenvalue weighted by Gasteiger charge is 2.30. The van der Waals surface area contributed by atoms with Crippen LogP contribution in [0.4, 0.5) is 0 Å². The molecule has 106 valence electrons. The zero-order valence-corrected chi connectivity index (χ0v) is 13.0. The van der Waals surface area contributed by atoms with E-state index in [1.165, 1.54) is 29.7 Å². The van der Waals surface area contributed by atoms with Crippen molar-refractivity contribution >= 4 is 11.8 Å². The average molecular weight is 278 g/mol. The SMILES string of the molecule is CCN(Cc1ccc(SC)cc1)C1CCCC1CN. The Kier molecular flexibility index (Phi) is 5.74. The van der Waals surface area contributed by atoms with Crippen LogP contribution in [-0.4, -0.2) is 30.3 Å². The second kappa shape index (κ2) is 7.32. The molecule has 3 heteroatoms. The number of nitrogens with zero attached hydrogens (tertiary/aromatic N) is 1. The van der Waals surface area contributed by atoms with Crippen molar-refractivity contribution in [2.45, 2.75) is 43.7 Å². The molecular weight excluding hydrogens is 252 g/mol. The van der Waals surface area contributed by atoms with Gasteiger partial charge in [0.05, 0.1) is 0 Å². The third-order valence-corrected chi connectivity index (χ3v) is 5.09. The Morgan fingerprint density at radius 2 is 2.00 bits per heavy atom. The number of nitrogens with two attached hydrogens (primary N) is 1. The van der Waals surface area contributed by atoms with Gasteiger partial charge in [-0.05, 0) is 55.8 Å². The highest BCUT2D eigenvalue weighted by atomic mass is 32.2. The van der Waals surface area contributed by atoms with Crippen LogP contribution in [0.3, 0.4) is 0 Å². The van der Waals surface area contributed by atoms with Gasteiger partial charge < -0.3 is 5.73 Å². The number of thioether (sulfide) groups is 1. The molecule has 0 spiro atoms. The van der Waals surface area contributed by atoms with Gasteiger partial charge in [0.25, 0.3) is 0 Å². The number of benzene rings is 1. The molecule has 0 amide bonds. The summed E-state index contributed by atoms with van der Waals surface area (Å²) in [7, 11) is 0. The molecule has 2 unspecified atom stereocenters. The van der Waals surface area contributed by atoms with Crippen molar-refractivity contribution < 1.29 is 0 Å². The monoisotopic (exact) mass is 278 g/mol. The summed E-state index contributed by atoms with van der Waals surface area (Å²) in [5.74, 6) is 0.699. The van der Waals surface area contributed by atoms with Crippen LogP contribution in [0.15, 0.2) is 29.2 Å². The smallest absolute Gasteiger partial charge is 0.0236 e. The summed E-state index contributed by atoms with van der Waals surface area (Å²) in [6.07, 6.45) is 6.09. The van der Waals surface area contributed by atoms with Gasteiger partial charge in [-0.3, -0.25) is 4.90 Å². The first-order valence-electron chi connectivity index (χ1n) is 7.35. The molecule has 1 aliphatic carbocycles. The summed E-state index contributed by atoms with van der Waals surface area (Å²) >= 11 is 1.80. The van der Waals surface area contributed by atoms with Gasteiger partial charge in [-0.15, -0.1) is 11.8 Å². The Balaban J connectivity index is 2.01. The Morgan fingerprint density at radius 3 is 2.58 bits per heavy atom. The molecule has 1 aromatic rings. The van der Waals surface area contributed by atoms with Crippen LogP contribution in [0.2, 0.25) is 0 Å². The van der Waals surface area contributed by atoms with Gasteiger partial charge in [0.2, 0.25) is 0 Å². The minimum atomic E-state index is 0.690. The predicted octanol–water partition coefficient (Wildman–Crippen LogP) is 3.36. The maximum absolute atomic E-state index is 5.92. The van der Waals surface area contributed by atoms with Gasteiger partial charge in [0, 0.05) is 17.5 Å². The van der Waals surface area contributed by atoms with Gasteiger partial charge in [-0.1, -0.05) is 25.5 Å². The van der Waals surface area contributed by atoms with Crippen molar-refractivity contribution in [3.8, 4) is 0 Å². The molecule has 0 heterocycles. The summed E-state index contributed by atoms with van der Waals surface area (Å²) in [6.45, 7) is 5.28. The zero-order chi connectivity index (χ0) is 13.7. The van der Waals surface area contributed by atoms with Crippen LogP contribution < -0.4 is 5.73 Å². The van der Waals surface area contributed by atoms with Crippen LogP contribution in [-0.2, 0) is 6.54 Å². The van der Waals surface area contributed by atoms with E-state index in [0.29, 0.717) is 12.0 Å². The molecule has 0 aromatic heterocycles. The molecule has 1 fully saturated rings. The quantitative estimate of drug-likeness (QED) is 0.809. The van der Waals surface area contributed by atoms with E-state index in [9.17, 15) is 0 Å². The zero-order valence-electron chi connectivity index (χ0n) is 12.1. The lowest BCUT2D eigenvalue weighted by atomic mass is 10.0. The lowest BCUT2D eigenvalue weighted by Gasteiger charge is -2.31. The van der Waals surface area contributed by atoms with E-state index in [2.05, 4.69) is 42.3 Å². The highest BCUT2D eigenvalue weighted by Crippen LogP contribution is 2.30. The Labute approximate surface area is 121 Å². The molecule has 2 N–H and O–H groups in total. The first-order valence-corrected chi connectivity index (χ1v) is 8.58. The van der Waals surface area contributed by atoms with E-state index in [0.717, 1.165) is 19.6 Å². The van der Waals surface area contributed by atoms with E-state index in [4.69, 9.17) is 5.73 Å². The summed E-state index contributed by atoms with van der Waals surface area (Å²) < 4.78 is 0. The van der Waals surface area contributed by atoms with Crippen LogP contribution in [0.1, 0.15) is 31.7 Å². The van der Waals surface area contributed by atoms with Gasteiger partial charge in [-0.2, -0.15) is 0 Å². The van der Waals surface area contributed by atoms with Crippen LogP contribution in [0.25, 0.3) is 0 Å². The van der Waals surface area contributed by atoms with Gasteiger partial charge in [-0.25, -0.2) is 0 Å². The Morgan fingerprint density at radius 1 is 1.26 bits per heavy atom. The Hall–Kier alpha value is -0.510. The summed E-state index contributed by atoms with van der Waals surface area (Å²) in [6, 6.07) is 9.67. The van der Waals surface area contributed by atoms with Crippen molar-refractivity contribution in [1.82, 2.24) is 4.90 Å². The van der Waals surface area contributed by atoms with Gasteiger partial charge in [0.15, 0.2) is 0 Å². The first kappa shape index (κ1) is 14.9. The second-order valence-electron chi connectivity index (χ2n) is 5.41. The largest absolute Gasteiger partial charge is 0.330 e. The number of hydrogen-bond acceptors (Lipinski definition) is 3. The van der Waals surface area contributed by atoms with E-state index < -0.39 is 0 Å². The van der Waals surface area contributed by atoms with Crippen LogP contribution in [0, 0.1) is 5.92 Å². The summed E-state index contributed by atoms with van der Waals surface area (Å²) in [5.41, 5.74) is 7.34. The lowest BCUT2D eigenvalue weighted by molar-refractivity contribution is 0.162. The molecular formula is C16H26N2S. The average Bonchev–Trinajstić information content (AvgIpc) is 2.93. The van der Waals surface area contributed by atoms with Gasteiger partial charge in [0.1, 0.15) is 0 Å². The number of hydrogen-bond donors (Lipinski definition) is 1. The lowest BCUT2D eigenvalue weighted by Crippen LogP contribution is -2.39. The molecule has 1 aromatic carbocycles. The molecule has 1 aliphatic rings. The molecule has 1 saturated carbocycles. The third kappa shape index (κ3) is 3.74. The highest BCUT2D eigenvalue weighted by molar-refractivity contribution is 7.98. The molecule has 0 saturated heterocycles. The molecule has 0 aliphatic heterocycles. The fourth-order valence-corrected chi connectivity index (χ4v) is 3.61. The molecule has 0 bridgehead atoms. The van der Waals surface area contributed by atoms with Crippen LogP contribution in [0.5, 0.6) is 0 Å². The maximum atomic E-state index is 5.92. The fraction of sp³-hybridized carbons (Fsp3) is 0.625. The van der Waals surface area contributed by atoms with Crippen molar-refractivity contribution in [1.29, 1.82) is 0 Å². The van der Waals surface area contributed by atoms with Gasteiger partial charge >= 0.3 is 0 Å². The standard InChI is InChI=1S/C16H26N2S/c1-3-18(16-6-4-5-14(16)11-17)12-13-7-9-15(19-2)10-8-13/h7-10,14,16H,3-6,11-12,17H2,1-2H3.